The van der Waals surface area contributed by atoms with Crippen molar-refractivity contribution < 1.29 is 18.7 Å². The lowest BCUT2D eigenvalue weighted by atomic mass is 9.94. The average Bonchev–Trinajstić information content (AvgIpc) is 3.45. The van der Waals surface area contributed by atoms with Crippen LogP contribution in [0.4, 0.5) is 4.39 Å². The smallest absolute Gasteiger partial charge is 0.260 e. The molecule has 0 N–H and O–H groups in total. The molecule has 0 aliphatic carbocycles. The number of benzene rings is 2. The molecule has 0 radical (unpaired) electrons. The minimum absolute atomic E-state index is 0.270. The minimum Gasteiger partial charge on any atom is -0.495 e. The summed E-state index contributed by atoms with van der Waals surface area (Å²) in [5.41, 5.74) is 3.82. The minimum atomic E-state index is -0.919. The number of fused-ring (bicyclic) bond motifs is 1. The number of methoxy groups -OCH3 is 2. The van der Waals surface area contributed by atoms with Gasteiger partial charge in [0.1, 0.15) is 18.2 Å². The van der Waals surface area contributed by atoms with E-state index < -0.39 is 5.72 Å². The van der Waals surface area contributed by atoms with E-state index in [1.165, 1.54) is 12.1 Å². The standard InChI is InChI=1S/C26H27FN4O3/c1-18-15-30(17-28-18)23-11-6-19(14-24(23)33-3)13-20-5-4-12-31-25(20)29-34-26(31,16-32-2)21-7-9-22(27)10-8-21/h6-11,13-15,17H,4-5,12,16H2,1-3H3/b20-13+/t26-/m1/s1. The fourth-order valence-corrected chi connectivity index (χ4v) is 4.64. The monoisotopic (exact) mass is 462 g/mol. The van der Waals surface area contributed by atoms with Crippen LogP contribution in [-0.4, -0.2) is 47.7 Å². The predicted octanol–water partition coefficient (Wildman–Crippen LogP) is 4.65. The number of oxime groups is 1. The third-order valence-electron chi connectivity index (χ3n) is 6.26. The van der Waals surface area contributed by atoms with Crippen molar-refractivity contribution in [2.45, 2.75) is 25.5 Å². The van der Waals surface area contributed by atoms with Crippen LogP contribution < -0.4 is 4.74 Å². The van der Waals surface area contributed by atoms with E-state index in [9.17, 15) is 4.39 Å². The van der Waals surface area contributed by atoms with E-state index in [0.29, 0.717) is 0 Å². The van der Waals surface area contributed by atoms with E-state index >= 15 is 0 Å². The third kappa shape index (κ3) is 3.84. The predicted molar refractivity (Wildman–Crippen MR) is 127 cm³/mol. The number of halogens is 1. The SMILES string of the molecule is COC[C@]1(c2ccc(F)cc2)ON=C2/C(=C/c3ccc(-n4cnc(C)c4)c(OC)c3)CCCN21. The Balaban J connectivity index is 1.48. The molecule has 1 saturated heterocycles. The second-order valence-corrected chi connectivity index (χ2v) is 8.51. The highest BCUT2D eigenvalue weighted by molar-refractivity contribution is 6.03. The molecule has 3 aromatic rings. The zero-order valence-electron chi connectivity index (χ0n) is 19.5. The summed E-state index contributed by atoms with van der Waals surface area (Å²) in [6.07, 6.45) is 7.66. The molecule has 2 aromatic carbocycles. The van der Waals surface area contributed by atoms with Gasteiger partial charge in [-0.1, -0.05) is 11.2 Å². The zero-order valence-corrected chi connectivity index (χ0v) is 19.5. The molecule has 0 unspecified atom stereocenters. The van der Waals surface area contributed by atoms with Gasteiger partial charge in [0.05, 0.1) is 24.8 Å². The molecule has 7 nitrogen and oxygen atoms in total. The van der Waals surface area contributed by atoms with Gasteiger partial charge in [0.25, 0.3) is 5.72 Å². The summed E-state index contributed by atoms with van der Waals surface area (Å²) in [5.74, 6) is 1.24. The summed E-state index contributed by atoms with van der Waals surface area (Å²) in [7, 11) is 3.29. The van der Waals surface area contributed by atoms with Crippen LogP contribution in [0.5, 0.6) is 5.75 Å². The Bertz CT molecular complexity index is 1250. The Kier molecular flexibility index (Phi) is 5.83. The van der Waals surface area contributed by atoms with E-state index in [0.717, 1.165) is 59.1 Å². The van der Waals surface area contributed by atoms with Crippen molar-refractivity contribution in [2.24, 2.45) is 5.16 Å². The summed E-state index contributed by atoms with van der Waals surface area (Å²) in [5, 5.41) is 4.47. The fourth-order valence-electron chi connectivity index (χ4n) is 4.64. The number of hydrogen-bond donors (Lipinski definition) is 0. The molecule has 176 valence electrons. The maximum absolute atomic E-state index is 13.6. The number of ether oxygens (including phenoxy) is 2. The van der Waals surface area contributed by atoms with Gasteiger partial charge in [-0.05, 0) is 73.4 Å². The van der Waals surface area contributed by atoms with Gasteiger partial charge in [0.2, 0.25) is 0 Å². The molecular weight excluding hydrogens is 435 g/mol. The van der Waals surface area contributed by atoms with Crippen molar-refractivity contribution in [2.75, 3.05) is 27.4 Å². The highest BCUT2D eigenvalue weighted by atomic mass is 19.1. The highest BCUT2D eigenvalue weighted by Crippen LogP contribution is 2.41. The Morgan fingerprint density at radius 1 is 1.18 bits per heavy atom. The number of rotatable bonds is 6. The summed E-state index contributed by atoms with van der Waals surface area (Å²) in [6.45, 7) is 2.99. The van der Waals surface area contributed by atoms with Crippen molar-refractivity contribution in [3.05, 3.63) is 83.2 Å². The molecule has 8 heteroatoms. The molecule has 1 aromatic heterocycles. The summed E-state index contributed by atoms with van der Waals surface area (Å²) < 4.78 is 26.7. The van der Waals surface area contributed by atoms with Crippen LogP contribution in [0.3, 0.4) is 0 Å². The first kappa shape index (κ1) is 22.2. The molecule has 0 spiro atoms. The van der Waals surface area contributed by atoms with Crippen LogP contribution in [0.1, 0.15) is 29.7 Å². The number of piperidine rings is 1. The maximum atomic E-state index is 13.6. The van der Waals surface area contributed by atoms with Gasteiger partial charge in [0.15, 0.2) is 5.84 Å². The van der Waals surface area contributed by atoms with Gasteiger partial charge in [-0.2, -0.15) is 0 Å². The molecule has 3 heterocycles. The second-order valence-electron chi connectivity index (χ2n) is 8.51. The van der Waals surface area contributed by atoms with Crippen LogP contribution in [0.25, 0.3) is 11.8 Å². The largest absolute Gasteiger partial charge is 0.495 e. The molecule has 2 aliphatic rings. The lowest BCUT2D eigenvalue weighted by Crippen LogP contribution is -2.51. The van der Waals surface area contributed by atoms with E-state index in [1.807, 2.05) is 29.8 Å². The van der Waals surface area contributed by atoms with Crippen molar-refractivity contribution in [3.63, 3.8) is 0 Å². The lowest BCUT2D eigenvalue weighted by molar-refractivity contribution is -0.145. The van der Waals surface area contributed by atoms with Crippen molar-refractivity contribution in [3.8, 4) is 11.4 Å². The first-order chi connectivity index (χ1) is 16.5. The van der Waals surface area contributed by atoms with Crippen LogP contribution in [0, 0.1) is 12.7 Å². The molecule has 34 heavy (non-hydrogen) atoms. The normalized spacial score (nSPS) is 20.8. The van der Waals surface area contributed by atoms with Crippen molar-refractivity contribution in [1.82, 2.24) is 14.5 Å². The number of aromatic nitrogens is 2. The van der Waals surface area contributed by atoms with Gasteiger partial charge in [-0.3, -0.25) is 0 Å². The van der Waals surface area contributed by atoms with E-state index in [2.05, 4.69) is 27.2 Å². The van der Waals surface area contributed by atoms with Gasteiger partial charge in [-0.25, -0.2) is 9.37 Å². The molecule has 5 rings (SSSR count). The summed E-state index contributed by atoms with van der Waals surface area (Å²) in [6, 6.07) is 12.4. The first-order valence-electron chi connectivity index (χ1n) is 11.2. The molecule has 0 bridgehead atoms. The Labute approximate surface area is 198 Å². The molecule has 1 atom stereocenters. The van der Waals surface area contributed by atoms with Crippen LogP contribution in [0.15, 0.2) is 65.7 Å². The average molecular weight is 463 g/mol. The van der Waals surface area contributed by atoms with Crippen molar-refractivity contribution in [1.29, 1.82) is 0 Å². The van der Waals surface area contributed by atoms with Gasteiger partial charge in [0, 0.05) is 25.4 Å². The molecule has 2 aliphatic heterocycles. The number of aryl methyl sites for hydroxylation is 1. The molecular formula is C26H27FN4O3. The van der Waals surface area contributed by atoms with E-state index in [-0.39, 0.29) is 12.4 Å². The topological polar surface area (TPSA) is 61.1 Å². The molecule has 0 amide bonds. The number of amidine groups is 1. The molecule has 0 saturated carbocycles. The van der Waals surface area contributed by atoms with Crippen molar-refractivity contribution >= 4 is 11.9 Å². The Morgan fingerprint density at radius 3 is 2.71 bits per heavy atom. The number of imidazole rings is 1. The van der Waals surface area contributed by atoms with E-state index in [1.54, 1.807) is 32.7 Å². The van der Waals surface area contributed by atoms with E-state index in [4.69, 9.17) is 14.3 Å². The van der Waals surface area contributed by atoms with Gasteiger partial charge < -0.3 is 23.8 Å². The molecule has 1 fully saturated rings. The maximum Gasteiger partial charge on any atom is 0.260 e. The van der Waals surface area contributed by atoms with Crippen LogP contribution in [-0.2, 0) is 15.3 Å². The quantitative estimate of drug-likeness (QED) is 0.534. The first-order valence-corrected chi connectivity index (χ1v) is 11.2. The number of nitrogens with zero attached hydrogens (tertiary/aromatic N) is 4. The summed E-state index contributed by atoms with van der Waals surface area (Å²) in [4.78, 5) is 12.5. The van der Waals surface area contributed by atoms with Crippen LogP contribution in [0.2, 0.25) is 0 Å². The highest BCUT2D eigenvalue weighted by Gasteiger charge is 2.49. The fraction of sp³-hybridized carbons (Fsp3) is 0.308. The second kappa shape index (κ2) is 8.95. The number of hydrogen-bond acceptors (Lipinski definition) is 6. The lowest BCUT2D eigenvalue weighted by Gasteiger charge is -2.39. The van der Waals surface area contributed by atoms with Gasteiger partial charge >= 0.3 is 0 Å². The zero-order chi connectivity index (χ0) is 23.7. The Morgan fingerprint density at radius 2 is 2.00 bits per heavy atom. The van der Waals surface area contributed by atoms with Crippen LogP contribution >= 0.6 is 0 Å². The Hall–Kier alpha value is -3.65. The summed E-state index contributed by atoms with van der Waals surface area (Å²) >= 11 is 0. The van der Waals surface area contributed by atoms with Gasteiger partial charge in [-0.15, -0.1) is 0 Å². The third-order valence-corrected chi connectivity index (χ3v) is 6.26.